The maximum Gasteiger partial charge on any atom is 0.367 e. The Bertz CT molecular complexity index is 1540. The molecular formula is C26H24N8O3. The number of pyridine rings is 1. The molecule has 0 aliphatic carbocycles. The number of esters is 1. The topological polar surface area (TPSA) is 124 Å². The van der Waals surface area contributed by atoms with Crippen LogP contribution in [0, 0.1) is 0 Å². The molecule has 0 atom stereocenters. The number of fused-ring (bicyclic) bond motifs is 1. The standard InChI is InChI=1S/C26H24N8O3/c1-2-34-22(18-8-10-27-11-9-18)29-21-23(33-12-14-36-15-13-33)30-26(31-24(21)34)37-25(35)20-19(16-28-32-20)17-6-4-3-5-7-17/h3-11,16H,2,12-15H2,1H3,(H,28,32). The van der Waals surface area contributed by atoms with Gasteiger partial charge in [-0.05, 0) is 24.6 Å². The van der Waals surface area contributed by atoms with E-state index in [0.29, 0.717) is 55.4 Å². The molecule has 1 N–H and O–H groups in total. The molecule has 5 aromatic rings. The number of morpholine rings is 1. The van der Waals surface area contributed by atoms with Crippen LogP contribution < -0.4 is 9.64 Å². The molecule has 0 unspecified atom stereocenters. The Morgan fingerprint density at radius 3 is 2.57 bits per heavy atom. The van der Waals surface area contributed by atoms with Crippen LogP contribution in [-0.4, -0.2) is 67.0 Å². The number of imidazole rings is 1. The number of ether oxygens (including phenoxy) is 2. The van der Waals surface area contributed by atoms with Crippen LogP contribution >= 0.6 is 0 Å². The molecule has 0 amide bonds. The van der Waals surface area contributed by atoms with Crippen LogP contribution in [0.15, 0.2) is 61.1 Å². The number of carbonyl (C=O) groups is 1. The highest BCUT2D eigenvalue weighted by Crippen LogP contribution is 2.31. The molecule has 1 fully saturated rings. The van der Waals surface area contributed by atoms with Crippen molar-refractivity contribution in [2.45, 2.75) is 13.5 Å². The Hall–Kier alpha value is -4.64. The molecule has 6 rings (SSSR count). The molecule has 11 heteroatoms. The Morgan fingerprint density at radius 1 is 1.03 bits per heavy atom. The van der Waals surface area contributed by atoms with Crippen molar-refractivity contribution in [3.63, 3.8) is 0 Å². The average molecular weight is 497 g/mol. The summed E-state index contributed by atoms with van der Waals surface area (Å²) in [7, 11) is 0. The van der Waals surface area contributed by atoms with E-state index < -0.39 is 5.97 Å². The summed E-state index contributed by atoms with van der Waals surface area (Å²) in [4.78, 5) is 33.6. The average Bonchev–Trinajstić information content (AvgIpc) is 3.59. The van der Waals surface area contributed by atoms with Gasteiger partial charge in [0.2, 0.25) is 0 Å². The van der Waals surface area contributed by atoms with Gasteiger partial charge in [0.25, 0.3) is 0 Å². The Morgan fingerprint density at radius 2 is 1.81 bits per heavy atom. The highest BCUT2D eigenvalue weighted by atomic mass is 16.5. The summed E-state index contributed by atoms with van der Waals surface area (Å²) in [5.74, 6) is 0.694. The van der Waals surface area contributed by atoms with Gasteiger partial charge >= 0.3 is 12.0 Å². The minimum Gasteiger partial charge on any atom is -0.386 e. The molecule has 11 nitrogen and oxygen atoms in total. The van der Waals surface area contributed by atoms with Crippen LogP contribution in [0.3, 0.4) is 0 Å². The highest BCUT2D eigenvalue weighted by Gasteiger charge is 2.26. The highest BCUT2D eigenvalue weighted by molar-refractivity contribution is 5.96. The number of rotatable bonds is 6. The van der Waals surface area contributed by atoms with E-state index in [9.17, 15) is 4.79 Å². The van der Waals surface area contributed by atoms with E-state index in [-0.39, 0.29) is 11.7 Å². The fourth-order valence-corrected chi connectivity index (χ4v) is 4.44. The number of aryl methyl sites for hydroxylation is 1. The molecule has 186 valence electrons. The predicted octanol–water partition coefficient (Wildman–Crippen LogP) is 3.35. The van der Waals surface area contributed by atoms with Gasteiger partial charge < -0.3 is 18.9 Å². The molecule has 5 heterocycles. The van der Waals surface area contributed by atoms with Crippen molar-refractivity contribution in [2.75, 3.05) is 31.2 Å². The lowest BCUT2D eigenvalue weighted by molar-refractivity contribution is 0.0714. The van der Waals surface area contributed by atoms with Crippen molar-refractivity contribution >= 4 is 23.0 Å². The summed E-state index contributed by atoms with van der Waals surface area (Å²) in [5, 5.41) is 6.90. The van der Waals surface area contributed by atoms with Crippen molar-refractivity contribution in [1.29, 1.82) is 0 Å². The molecule has 1 aromatic carbocycles. The summed E-state index contributed by atoms with van der Waals surface area (Å²) in [6.45, 7) is 5.05. The number of hydrogen-bond acceptors (Lipinski definition) is 9. The fraction of sp³-hybridized carbons (Fsp3) is 0.231. The summed E-state index contributed by atoms with van der Waals surface area (Å²) in [5.41, 5.74) is 3.77. The first-order valence-electron chi connectivity index (χ1n) is 12.1. The van der Waals surface area contributed by atoms with E-state index in [4.69, 9.17) is 14.5 Å². The van der Waals surface area contributed by atoms with Crippen LogP contribution in [0.4, 0.5) is 5.82 Å². The molecule has 1 saturated heterocycles. The van der Waals surface area contributed by atoms with Crippen molar-refractivity contribution in [1.82, 2.24) is 34.7 Å². The Balaban J connectivity index is 1.44. The zero-order valence-corrected chi connectivity index (χ0v) is 20.2. The van der Waals surface area contributed by atoms with Gasteiger partial charge in [0.05, 0.1) is 13.2 Å². The molecule has 1 aliphatic heterocycles. The molecule has 0 spiro atoms. The number of hydrogen-bond donors (Lipinski definition) is 1. The molecule has 1 aliphatic rings. The number of aromatic amines is 1. The number of aromatic nitrogens is 7. The number of anilines is 1. The molecule has 0 radical (unpaired) electrons. The van der Waals surface area contributed by atoms with Crippen molar-refractivity contribution in [3.8, 4) is 28.5 Å². The SMILES string of the molecule is CCn1c(-c2ccncc2)nc2c(N3CCOCC3)nc(OC(=O)c3n[nH]cc3-c3ccccc3)nc21. The van der Waals surface area contributed by atoms with Gasteiger partial charge in [-0.25, -0.2) is 9.78 Å². The zero-order chi connectivity index (χ0) is 25.2. The number of nitrogens with one attached hydrogen (secondary N) is 1. The molecule has 0 bridgehead atoms. The van der Waals surface area contributed by atoms with Crippen molar-refractivity contribution in [2.24, 2.45) is 0 Å². The number of H-pyrrole nitrogens is 1. The minimum atomic E-state index is -0.649. The minimum absolute atomic E-state index is 0.0584. The molecular weight excluding hydrogens is 472 g/mol. The zero-order valence-electron chi connectivity index (χ0n) is 20.2. The second-order valence-electron chi connectivity index (χ2n) is 8.42. The maximum atomic E-state index is 13.2. The second-order valence-corrected chi connectivity index (χ2v) is 8.42. The number of benzene rings is 1. The van der Waals surface area contributed by atoms with Gasteiger partial charge in [-0.15, -0.1) is 0 Å². The smallest absolute Gasteiger partial charge is 0.367 e. The molecule has 0 saturated carbocycles. The lowest BCUT2D eigenvalue weighted by Crippen LogP contribution is -2.37. The molecule has 37 heavy (non-hydrogen) atoms. The van der Waals surface area contributed by atoms with E-state index in [1.165, 1.54) is 0 Å². The van der Waals surface area contributed by atoms with Gasteiger partial charge in [-0.2, -0.15) is 15.1 Å². The van der Waals surface area contributed by atoms with Crippen LogP contribution in [0.5, 0.6) is 6.01 Å². The number of nitrogens with zero attached hydrogens (tertiary/aromatic N) is 7. The monoisotopic (exact) mass is 496 g/mol. The predicted molar refractivity (Wildman–Crippen MR) is 136 cm³/mol. The summed E-state index contributed by atoms with van der Waals surface area (Å²) in [6, 6.07) is 13.3. The second kappa shape index (κ2) is 9.78. The van der Waals surface area contributed by atoms with E-state index in [1.54, 1.807) is 18.6 Å². The first-order valence-corrected chi connectivity index (χ1v) is 12.1. The van der Waals surface area contributed by atoms with E-state index in [2.05, 4.69) is 30.0 Å². The van der Waals surface area contributed by atoms with Crippen LogP contribution in [-0.2, 0) is 11.3 Å². The van der Waals surface area contributed by atoms with Crippen molar-refractivity contribution in [3.05, 3.63) is 66.7 Å². The third kappa shape index (κ3) is 4.29. The van der Waals surface area contributed by atoms with Crippen LogP contribution in [0.2, 0.25) is 0 Å². The lowest BCUT2D eigenvalue weighted by atomic mass is 10.1. The first-order chi connectivity index (χ1) is 18.2. The summed E-state index contributed by atoms with van der Waals surface area (Å²) >= 11 is 0. The first kappa shape index (κ1) is 22.8. The Labute approximate surface area is 212 Å². The summed E-state index contributed by atoms with van der Waals surface area (Å²) < 4.78 is 13.2. The van der Waals surface area contributed by atoms with Crippen LogP contribution in [0.25, 0.3) is 33.7 Å². The normalized spacial score (nSPS) is 13.7. The van der Waals surface area contributed by atoms with E-state index >= 15 is 0 Å². The largest absolute Gasteiger partial charge is 0.386 e. The van der Waals surface area contributed by atoms with Gasteiger partial charge in [0, 0.05) is 49.4 Å². The third-order valence-electron chi connectivity index (χ3n) is 6.22. The van der Waals surface area contributed by atoms with Gasteiger partial charge in [0.1, 0.15) is 5.82 Å². The summed E-state index contributed by atoms with van der Waals surface area (Å²) in [6.07, 6.45) is 5.12. The third-order valence-corrected chi connectivity index (χ3v) is 6.22. The van der Waals surface area contributed by atoms with Crippen LogP contribution in [0.1, 0.15) is 17.4 Å². The fourth-order valence-electron chi connectivity index (χ4n) is 4.44. The van der Waals surface area contributed by atoms with Crippen molar-refractivity contribution < 1.29 is 14.3 Å². The van der Waals surface area contributed by atoms with Gasteiger partial charge in [-0.1, -0.05) is 30.3 Å². The lowest BCUT2D eigenvalue weighted by Gasteiger charge is -2.27. The number of carbonyl (C=O) groups excluding carboxylic acids is 1. The van der Waals surface area contributed by atoms with Gasteiger partial charge in [0.15, 0.2) is 22.7 Å². The van der Waals surface area contributed by atoms with E-state index in [1.807, 2.05) is 54.0 Å². The molecule has 4 aromatic heterocycles. The van der Waals surface area contributed by atoms with Gasteiger partial charge in [-0.3, -0.25) is 10.1 Å². The quantitative estimate of drug-likeness (QED) is 0.352. The maximum absolute atomic E-state index is 13.2. The van der Waals surface area contributed by atoms with E-state index in [0.717, 1.165) is 17.0 Å². The Kier molecular flexibility index (Phi) is 6.03.